The quantitative estimate of drug-likeness (QED) is 0.562. The molecule has 0 amide bonds. The van der Waals surface area contributed by atoms with E-state index in [-0.39, 0.29) is 6.04 Å². The van der Waals surface area contributed by atoms with E-state index in [0.29, 0.717) is 5.82 Å². The lowest BCUT2D eigenvalue weighted by molar-refractivity contribution is 0.819. The van der Waals surface area contributed by atoms with E-state index < -0.39 is 0 Å². The van der Waals surface area contributed by atoms with Crippen molar-refractivity contribution in [1.82, 2.24) is 9.97 Å². The Kier molecular flexibility index (Phi) is 5.36. The summed E-state index contributed by atoms with van der Waals surface area (Å²) in [6.07, 6.45) is 1.80. The summed E-state index contributed by atoms with van der Waals surface area (Å²) in [6, 6.07) is 9.64. The molecule has 0 bridgehead atoms. The van der Waals surface area contributed by atoms with Gasteiger partial charge in [0.25, 0.3) is 0 Å². The van der Waals surface area contributed by atoms with Crippen LogP contribution in [0.5, 0.6) is 0 Å². The molecule has 0 aliphatic heterocycles. The number of hydrogen-bond acceptors (Lipinski definition) is 5. The molecule has 2 rings (SSSR count). The van der Waals surface area contributed by atoms with Gasteiger partial charge in [-0.3, -0.25) is 0 Å². The summed E-state index contributed by atoms with van der Waals surface area (Å²) in [6.45, 7) is 4.15. The van der Waals surface area contributed by atoms with Gasteiger partial charge in [0.2, 0.25) is 0 Å². The van der Waals surface area contributed by atoms with Crippen molar-refractivity contribution in [3.8, 4) is 0 Å². The maximum absolute atomic E-state index is 6.03. The number of hydrogen-bond donors (Lipinski definition) is 3. The molecule has 0 fully saturated rings. The summed E-state index contributed by atoms with van der Waals surface area (Å²) >= 11 is 6.03. The lowest BCUT2D eigenvalue weighted by atomic mass is 10.1. The number of nitrogens with one attached hydrogen (secondary N) is 2. The molecule has 4 N–H and O–H groups in total. The lowest BCUT2D eigenvalue weighted by Crippen LogP contribution is -2.14. The summed E-state index contributed by atoms with van der Waals surface area (Å²) in [5, 5.41) is 4.08. The zero-order valence-corrected chi connectivity index (χ0v) is 13.0. The summed E-state index contributed by atoms with van der Waals surface area (Å²) in [7, 11) is 0. The standard InChI is InChI=1S/C15H20ClN5/c1-3-5-13-19-14(9-15(20-13)21-17)18-10(2)11-6-4-7-12(16)8-11/h4,6-10H,3,5,17H2,1-2H3,(H2,18,19,20,21). The van der Waals surface area contributed by atoms with Gasteiger partial charge < -0.3 is 10.7 Å². The largest absolute Gasteiger partial charge is 0.363 e. The molecule has 0 aliphatic carbocycles. The molecule has 2 aromatic rings. The fourth-order valence-corrected chi connectivity index (χ4v) is 2.26. The van der Waals surface area contributed by atoms with E-state index in [0.717, 1.165) is 35.1 Å². The minimum atomic E-state index is 0.0821. The SMILES string of the molecule is CCCc1nc(NN)cc(NC(C)c2cccc(Cl)c2)n1. The van der Waals surface area contributed by atoms with Crippen LogP contribution in [0.3, 0.4) is 0 Å². The van der Waals surface area contributed by atoms with Crippen molar-refractivity contribution in [2.75, 3.05) is 10.7 Å². The van der Waals surface area contributed by atoms with E-state index >= 15 is 0 Å². The van der Waals surface area contributed by atoms with Crippen LogP contribution in [-0.2, 0) is 6.42 Å². The number of nitrogen functional groups attached to an aromatic ring is 1. The number of anilines is 2. The first-order valence-electron chi connectivity index (χ1n) is 6.99. The van der Waals surface area contributed by atoms with Gasteiger partial charge in [0.15, 0.2) is 0 Å². The van der Waals surface area contributed by atoms with E-state index in [4.69, 9.17) is 17.4 Å². The molecule has 112 valence electrons. The number of aromatic nitrogens is 2. The average molecular weight is 306 g/mol. The molecule has 1 atom stereocenters. The molecule has 0 spiro atoms. The van der Waals surface area contributed by atoms with E-state index in [1.54, 1.807) is 6.07 Å². The van der Waals surface area contributed by atoms with E-state index in [9.17, 15) is 0 Å². The lowest BCUT2D eigenvalue weighted by Gasteiger charge is -2.16. The van der Waals surface area contributed by atoms with E-state index in [2.05, 4.69) is 34.6 Å². The fraction of sp³-hybridized carbons (Fsp3) is 0.333. The molecule has 0 saturated heterocycles. The summed E-state index contributed by atoms with van der Waals surface area (Å²) in [4.78, 5) is 8.84. The number of halogens is 1. The number of aryl methyl sites for hydroxylation is 1. The first-order valence-corrected chi connectivity index (χ1v) is 7.36. The van der Waals surface area contributed by atoms with Crippen molar-refractivity contribution < 1.29 is 0 Å². The van der Waals surface area contributed by atoms with Crippen LogP contribution in [0.25, 0.3) is 0 Å². The Balaban J connectivity index is 2.19. The second-order valence-electron chi connectivity index (χ2n) is 4.87. The van der Waals surface area contributed by atoms with Crippen LogP contribution in [0.2, 0.25) is 5.02 Å². The normalized spacial score (nSPS) is 12.0. The van der Waals surface area contributed by atoms with Crippen LogP contribution in [0.1, 0.15) is 37.7 Å². The summed E-state index contributed by atoms with van der Waals surface area (Å²) in [5.41, 5.74) is 3.67. The molecule has 0 aliphatic rings. The zero-order chi connectivity index (χ0) is 15.2. The van der Waals surface area contributed by atoms with Crippen molar-refractivity contribution in [3.63, 3.8) is 0 Å². The van der Waals surface area contributed by atoms with Crippen molar-refractivity contribution >= 4 is 23.2 Å². The molecular formula is C15H20ClN5. The van der Waals surface area contributed by atoms with Gasteiger partial charge in [0.05, 0.1) is 0 Å². The molecule has 1 heterocycles. The van der Waals surface area contributed by atoms with Gasteiger partial charge in [0, 0.05) is 23.6 Å². The van der Waals surface area contributed by atoms with Crippen LogP contribution < -0.4 is 16.6 Å². The molecule has 1 unspecified atom stereocenters. The Hall–Kier alpha value is -1.85. The maximum atomic E-state index is 6.03. The minimum Gasteiger partial charge on any atom is -0.363 e. The van der Waals surface area contributed by atoms with Crippen molar-refractivity contribution in [2.45, 2.75) is 32.7 Å². The van der Waals surface area contributed by atoms with Crippen molar-refractivity contribution in [1.29, 1.82) is 0 Å². The predicted octanol–water partition coefficient (Wildman–Crippen LogP) is 3.54. The van der Waals surface area contributed by atoms with Crippen LogP contribution in [-0.4, -0.2) is 9.97 Å². The Morgan fingerprint density at radius 1 is 1.24 bits per heavy atom. The van der Waals surface area contributed by atoms with E-state index in [1.807, 2.05) is 24.3 Å². The highest BCUT2D eigenvalue weighted by atomic mass is 35.5. The monoisotopic (exact) mass is 305 g/mol. The van der Waals surface area contributed by atoms with Gasteiger partial charge in [-0.05, 0) is 31.0 Å². The van der Waals surface area contributed by atoms with Crippen LogP contribution in [0.4, 0.5) is 11.6 Å². The number of nitrogens with zero attached hydrogens (tertiary/aromatic N) is 2. The second-order valence-corrected chi connectivity index (χ2v) is 5.31. The Morgan fingerprint density at radius 3 is 2.67 bits per heavy atom. The third-order valence-corrected chi connectivity index (χ3v) is 3.34. The Labute approximate surface area is 129 Å². The van der Waals surface area contributed by atoms with Crippen molar-refractivity contribution in [2.24, 2.45) is 5.84 Å². The summed E-state index contributed by atoms with van der Waals surface area (Å²) in [5.74, 6) is 7.58. The molecule has 0 saturated carbocycles. The van der Waals surface area contributed by atoms with Gasteiger partial charge in [-0.2, -0.15) is 0 Å². The third kappa shape index (κ3) is 4.31. The van der Waals surface area contributed by atoms with Gasteiger partial charge >= 0.3 is 0 Å². The first kappa shape index (κ1) is 15.5. The minimum absolute atomic E-state index is 0.0821. The fourth-order valence-electron chi connectivity index (χ4n) is 2.06. The molecule has 0 radical (unpaired) electrons. The molecule has 1 aromatic carbocycles. The maximum Gasteiger partial charge on any atom is 0.145 e. The zero-order valence-electron chi connectivity index (χ0n) is 12.2. The van der Waals surface area contributed by atoms with E-state index in [1.165, 1.54) is 0 Å². The Morgan fingerprint density at radius 2 is 2.00 bits per heavy atom. The smallest absolute Gasteiger partial charge is 0.145 e. The van der Waals surface area contributed by atoms with Gasteiger partial charge in [0.1, 0.15) is 17.5 Å². The average Bonchev–Trinajstić information content (AvgIpc) is 2.47. The highest BCUT2D eigenvalue weighted by molar-refractivity contribution is 6.30. The summed E-state index contributed by atoms with van der Waals surface area (Å²) < 4.78 is 0. The predicted molar refractivity (Wildman–Crippen MR) is 87.3 cm³/mol. The third-order valence-electron chi connectivity index (χ3n) is 3.11. The molecule has 1 aromatic heterocycles. The number of nitrogens with two attached hydrogens (primary N) is 1. The highest BCUT2D eigenvalue weighted by Gasteiger charge is 2.09. The van der Waals surface area contributed by atoms with Gasteiger partial charge in [-0.15, -0.1) is 0 Å². The molecule has 21 heavy (non-hydrogen) atoms. The van der Waals surface area contributed by atoms with Crippen molar-refractivity contribution in [3.05, 3.63) is 46.7 Å². The van der Waals surface area contributed by atoms with Crippen LogP contribution >= 0.6 is 11.6 Å². The number of rotatable bonds is 6. The topological polar surface area (TPSA) is 75.9 Å². The van der Waals surface area contributed by atoms with Crippen LogP contribution in [0, 0.1) is 0 Å². The Bertz CT molecular complexity index is 602. The highest BCUT2D eigenvalue weighted by Crippen LogP contribution is 2.22. The molecule has 5 nitrogen and oxygen atoms in total. The first-order chi connectivity index (χ1) is 10.1. The number of hydrazine groups is 1. The molecule has 6 heteroatoms. The number of benzene rings is 1. The van der Waals surface area contributed by atoms with Crippen LogP contribution in [0.15, 0.2) is 30.3 Å². The van der Waals surface area contributed by atoms with Gasteiger partial charge in [-0.25, -0.2) is 15.8 Å². The molecular weight excluding hydrogens is 286 g/mol. The second kappa shape index (κ2) is 7.24. The van der Waals surface area contributed by atoms with Gasteiger partial charge in [-0.1, -0.05) is 30.7 Å².